The van der Waals surface area contributed by atoms with Crippen LogP contribution in [0.5, 0.6) is 0 Å². The molecule has 1 nitrogen and oxygen atoms in total. The number of alkyl halides is 1. The van der Waals surface area contributed by atoms with Crippen molar-refractivity contribution < 1.29 is 4.74 Å². The molecule has 0 saturated heterocycles. The topological polar surface area (TPSA) is 9.23 Å². The first kappa shape index (κ1) is 12.2. The minimum absolute atomic E-state index is 0.634. The van der Waals surface area contributed by atoms with Crippen LogP contribution in [-0.2, 0) is 4.74 Å². The van der Waals surface area contributed by atoms with E-state index in [1.165, 1.54) is 0 Å². The molecule has 0 amide bonds. The van der Waals surface area contributed by atoms with Gasteiger partial charge in [0, 0.05) is 5.33 Å². The lowest BCUT2D eigenvalue weighted by Crippen LogP contribution is -2.17. The van der Waals surface area contributed by atoms with Gasteiger partial charge < -0.3 is 4.74 Å². The molecule has 1 unspecified atom stereocenters. The van der Waals surface area contributed by atoms with Gasteiger partial charge in [-0.1, -0.05) is 41.9 Å². The van der Waals surface area contributed by atoms with Crippen LogP contribution in [0.1, 0.15) is 20.8 Å². The van der Waals surface area contributed by atoms with Gasteiger partial charge in [-0.15, -0.1) is 0 Å². The van der Waals surface area contributed by atoms with Crippen molar-refractivity contribution in [1.82, 2.24) is 0 Å². The third-order valence-electron chi connectivity index (χ3n) is 1.92. The van der Waals surface area contributed by atoms with Crippen LogP contribution in [0.2, 0.25) is 0 Å². The lowest BCUT2D eigenvalue weighted by Gasteiger charge is -2.17. The van der Waals surface area contributed by atoms with Gasteiger partial charge in [0.05, 0.1) is 13.2 Å². The van der Waals surface area contributed by atoms with Gasteiger partial charge in [-0.2, -0.15) is 0 Å². The van der Waals surface area contributed by atoms with Crippen LogP contribution in [0.4, 0.5) is 0 Å². The molecule has 0 bridgehead atoms. The second-order valence-corrected chi connectivity index (χ2v) is 3.91. The summed E-state index contributed by atoms with van der Waals surface area (Å²) in [6.45, 7) is 8.06. The van der Waals surface area contributed by atoms with Crippen LogP contribution < -0.4 is 0 Å². The minimum atomic E-state index is 0.634. The van der Waals surface area contributed by atoms with Crippen LogP contribution in [0.15, 0.2) is 12.2 Å². The summed E-state index contributed by atoms with van der Waals surface area (Å²) < 4.78 is 5.47. The average Bonchev–Trinajstić information content (AvgIpc) is 2.04. The molecule has 0 fully saturated rings. The molecule has 0 spiro atoms. The van der Waals surface area contributed by atoms with Crippen molar-refractivity contribution in [1.29, 1.82) is 0 Å². The number of allylic oxidation sites excluding steroid dienone is 1. The normalized spacial score (nSPS) is 14.4. The zero-order chi connectivity index (χ0) is 9.40. The third-order valence-corrected chi connectivity index (χ3v) is 2.75. The van der Waals surface area contributed by atoms with Gasteiger partial charge in [0.15, 0.2) is 0 Å². The first-order valence-electron chi connectivity index (χ1n) is 4.47. The predicted octanol–water partition coefficient (Wildman–Crippen LogP) is 3.25. The highest BCUT2D eigenvalue weighted by Crippen LogP contribution is 2.13. The molecule has 0 aromatic carbocycles. The van der Waals surface area contributed by atoms with Gasteiger partial charge in [-0.25, -0.2) is 0 Å². The third kappa shape index (κ3) is 5.78. The molecule has 1 atom stereocenters. The molecule has 0 aliphatic rings. The van der Waals surface area contributed by atoms with E-state index in [4.69, 9.17) is 4.74 Å². The van der Waals surface area contributed by atoms with Gasteiger partial charge in [0.2, 0.25) is 0 Å². The number of hydrogen-bond acceptors (Lipinski definition) is 1. The Morgan fingerprint density at radius 2 is 2.08 bits per heavy atom. The van der Waals surface area contributed by atoms with Crippen molar-refractivity contribution in [3.8, 4) is 0 Å². The minimum Gasteiger partial charge on any atom is -0.377 e. The highest BCUT2D eigenvalue weighted by atomic mass is 79.9. The standard InChI is InChI=1S/C10H19BrO/c1-4-5-6-12-8-10(7-11)9(2)3/h4-5,9-10H,6-8H2,1-3H3. The molecular formula is C10H19BrO. The second-order valence-electron chi connectivity index (χ2n) is 3.26. The van der Waals surface area contributed by atoms with E-state index < -0.39 is 0 Å². The Hall–Kier alpha value is 0.180. The Labute approximate surface area is 84.3 Å². The second kappa shape index (κ2) is 7.81. The SMILES string of the molecule is CC=CCOCC(CBr)C(C)C. The average molecular weight is 235 g/mol. The summed E-state index contributed by atoms with van der Waals surface area (Å²) in [4.78, 5) is 0. The Bertz CT molecular complexity index is 121. The molecule has 0 N–H and O–H groups in total. The van der Waals surface area contributed by atoms with E-state index in [0.717, 1.165) is 18.5 Å². The molecule has 0 aliphatic carbocycles. The van der Waals surface area contributed by atoms with E-state index in [1.807, 2.05) is 19.1 Å². The molecule has 0 aliphatic heterocycles. The Balaban J connectivity index is 3.45. The van der Waals surface area contributed by atoms with Gasteiger partial charge in [-0.3, -0.25) is 0 Å². The molecular weight excluding hydrogens is 216 g/mol. The van der Waals surface area contributed by atoms with Crippen LogP contribution in [0, 0.1) is 11.8 Å². The molecule has 0 radical (unpaired) electrons. The summed E-state index contributed by atoms with van der Waals surface area (Å²) in [6.07, 6.45) is 4.05. The fourth-order valence-electron chi connectivity index (χ4n) is 0.799. The van der Waals surface area contributed by atoms with Gasteiger partial charge in [0.1, 0.15) is 0 Å². The maximum absolute atomic E-state index is 5.47. The lowest BCUT2D eigenvalue weighted by atomic mass is 9.99. The first-order chi connectivity index (χ1) is 5.72. The van der Waals surface area contributed by atoms with Crippen LogP contribution in [0.3, 0.4) is 0 Å². The molecule has 0 aromatic heterocycles. The smallest absolute Gasteiger partial charge is 0.0647 e. The molecule has 0 heterocycles. The quantitative estimate of drug-likeness (QED) is 0.390. The van der Waals surface area contributed by atoms with E-state index in [0.29, 0.717) is 11.8 Å². The van der Waals surface area contributed by atoms with Crippen molar-refractivity contribution in [3.05, 3.63) is 12.2 Å². The van der Waals surface area contributed by atoms with Crippen molar-refractivity contribution in [3.63, 3.8) is 0 Å². The summed E-state index contributed by atoms with van der Waals surface area (Å²) in [6, 6.07) is 0. The maximum Gasteiger partial charge on any atom is 0.0647 e. The van der Waals surface area contributed by atoms with Crippen LogP contribution >= 0.6 is 15.9 Å². The predicted molar refractivity (Wildman–Crippen MR) is 57.8 cm³/mol. The van der Waals surface area contributed by atoms with Gasteiger partial charge in [-0.05, 0) is 18.8 Å². The largest absolute Gasteiger partial charge is 0.377 e. The van der Waals surface area contributed by atoms with Crippen molar-refractivity contribution in [2.45, 2.75) is 20.8 Å². The van der Waals surface area contributed by atoms with E-state index in [-0.39, 0.29) is 0 Å². The number of ether oxygens (including phenoxy) is 1. The zero-order valence-corrected chi connectivity index (χ0v) is 9.80. The fraction of sp³-hybridized carbons (Fsp3) is 0.800. The Morgan fingerprint density at radius 3 is 2.50 bits per heavy atom. The maximum atomic E-state index is 5.47. The number of rotatable bonds is 6. The van der Waals surface area contributed by atoms with Crippen LogP contribution in [-0.4, -0.2) is 18.5 Å². The number of hydrogen-bond donors (Lipinski definition) is 0. The van der Waals surface area contributed by atoms with Gasteiger partial charge in [0.25, 0.3) is 0 Å². The molecule has 0 rings (SSSR count). The van der Waals surface area contributed by atoms with Crippen molar-refractivity contribution in [2.24, 2.45) is 11.8 Å². The lowest BCUT2D eigenvalue weighted by molar-refractivity contribution is 0.113. The van der Waals surface area contributed by atoms with E-state index in [9.17, 15) is 0 Å². The fourth-order valence-corrected chi connectivity index (χ4v) is 1.73. The zero-order valence-electron chi connectivity index (χ0n) is 8.22. The number of halogens is 1. The highest BCUT2D eigenvalue weighted by Gasteiger charge is 2.10. The first-order valence-corrected chi connectivity index (χ1v) is 5.59. The summed E-state index contributed by atoms with van der Waals surface area (Å²) in [5.74, 6) is 1.32. The Kier molecular flexibility index (Phi) is 7.93. The van der Waals surface area contributed by atoms with Crippen LogP contribution in [0.25, 0.3) is 0 Å². The van der Waals surface area contributed by atoms with E-state index in [1.54, 1.807) is 0 Å². The molecule has 12 heavy (non-hydrogen) atoms. The summed E-state index contributed by atoms with van der Waals surface area (Å²) in [5, 5.41) is 1.03. The summed E-state index contributed by atoms with van der Waals surface area (Å²) in [5.41, 5.74) is 0. The molecule has 0 aromatic rings. The highest BCUT2D eigenvalue weighted by molar-refractivity contribution is 9.09. The monoisotopic (exact) mass is 234 g/mol. The molecule has 72 valence electrons. The van der Waals surface area contributed by atoms with E-state index >= 15 is 0 Å². The molecule has 2 heteroatoms. The van der Waals surface area contributed by atoms with Crippen molar-refractivity contribution >= 4 is 15.9 Å². The summed E-state index contributed by atoms with van der Waals surface area (Å²) in [7, 11) is 0. The van der Waals surface area contributed by atoms with Gasteiger partial charge >= 0.3 is 0 Å². The summed E-state index contributed by atoms with van der Waals surface area (Å²) >= 11 is 3.49. The van der Waals surface area contributed by atoms with E-state index in [2.05, 4.69) is 29.8 Å². The van der Waals surface area contributed by atoms with Crippen molar-refractivity contribution in [2.75, 3.05) is 18.5 Å². The Morgan fingerprint density at radius 1 is 1.42 bits per heavy atom. The molecule has 0 saturated carbocycles.